The maximum atomic E-state index is 13.2. The standard InChI is InChI=1S/C12H13FN2O/c13-10-5-4-8(12(16)9(10)7-14)11-3-1-2-6-15-11/h4-5,11,15-16H,1-3,6H2/t11-/m1/s1. The van der Waals surface area contributed by atoms with Gasteiger partial charge in [0.1, 0.15) is 23.2 Å². The van der Waals surface area contributed by atoms with Crippen molar-refractivity contribution in [2.45, 2.75) is 25.3 Å². The van der Waals surface area contributed by atoms with Crippen molar-refractivity contribution in [2.75, 3.05) is 6.54 Å². The van der Waals surface area contributed by atoms with E-state index in [4.69, 9.17) is 5.26 Å². The highest BCUT2D eigenvalue weighted by atomic mass is 19.1. The molecule has 0 amide bonds. The SMILES string of the molecule is N#Cc1c(F)ccc([C@H]2CCCCN2)c1O. The zero-order chi connectivity index (χ0) is 11.5. The largest absolute Gasteiger partial charge is 0.506 e. The van der Waals surface area contributed by atoms with Crippen LogP contribution in [0.5, 0.6) is 5.75 Å². The number of benzene rings is 1. The Kier molecular flexibility index (Phi) is 3.07. The first-order valence-electron chi connectivity index (χ1n) is 5.39. The van der Waals surface area contributed by atoms with E-state index in [0.29, 0.717) is 5.56 Å². The van der Waals surface area contributed by atoms with E-state index in [0.717, 1.165) is 25.8 Å². The molecule has 1 aromatic carbocycles. The monoisotopic (exact) mass is 220 g/mol. The molecule has 2 rings (SSSR count). The molecular weight excluding hydrogens is 207 g/mol. The molecule has 1 atom stereocenters. The summed E-state index contributed by atoms with van der Waals surface area (Å²) in [5.74, 6) is -0.888. The fraction of sp³-hybridized carbons (Fsp3) is 0.417. The Hall–Kier alpha value is -1.60. The van der Waals surface area contributed by atoms with Crippen LogP contribution in [-0.2, 0) is 0 Å². The smallest absolute Gasteiger partial charge is 0.144 e. The predicted octanol–water partition coefficient (Wildman–Crippen LogP) is 2.22. The summed E-state index contributed by atoms with van der Waals surface area (Å²) in [6.45, 7) is 0.892. The van der Waals surface area contributed by atoms with Crippen LogP contribution in [0.1, 0.15) is 36.4 Å². The lowest BCUT2D eigenvalue weighted by molar-refractivity contribution is 0.388. The van der Waals surface area contributed by atoms with E-state index in [2.05, 4.69) is 5.32 Å². The number of aromatic hydroxyl groups is 1. The minimum absolute atomic E-state index is 0.0291. The van der Waals surface area contributed by atoms with Gasteiger partial charge in [0.05, 0.1) is 0 Å². The third-order valence-electron chi connectivity index (χ3n) is 2.96. The van der Waals surface area contributed by atoms with E-state index in [1.807, 2.05) is 0 Å². The maximum Gasteiger partial charge on any atom is 0.144 e. The van der Waals surface area contributed by atoms with Gasteiger partial charge in [0.15, 0.2) is 0 Å². The van der Waals surface area contributed by atoms with Crippen molar-refractivity contribution in [2.24, 2.45) is 0 Å². The Balaban J connectivity index is 2.38. The average Bonchev–Trinajstić information content (AvgIpc) is 2.31. The van der Waals surface area contributed by atoms with Gasteiger partial charge in [-0.05, 0) is 25.5 Å². The normalized spacial score (nSPS) is 20.4. The molecule has 4 heteroatoms. The van der Waals surface area contributed by atoms with Crippen molar-refractivity contribution in [3.05, 3.63) is 29.1 Å². The summed E-state index contributed by atoms with van der Waals surface area (Å²) in [6, 6.07) is 4.51. The van der Waals surface area contributed by atoms with Crippen molar-refractivity contribution in [1.29, 1.82) is 5.26 Å². The summed E-state index contributed by atoms with van der Waals surface area (Å²) in [5, 5.41) is 21.8. The first-order valence-corrected chi connectivity index (χ1v) is 5.39. The molecule has 2 N–H and O–H groups in total. The fourth-order valence-electron chi connectivity index (χ4n) is 2.09. The molecule has 0 aromatic heterocycles. The second-order valence-corrected chi connectivity index (χ2v) is 3.97. The third-order valence-corrected chi connectivity index (χ3v) is 2.96. The van der Waals surface area contributed by atoms with Gasteiger partial charge in [-0.25, -0.2) is 4.39 Å². The Morgan fingerprint density at radius 2 is 2.25 bits per heavy atom. The Morgan fingerprint density at radius 1 is 1.44 bits per heavy atom. The van der Waals surface area contributed by atoms with E-state index in [-0.39, 0.29) is 17.4 Å². The van der Waals surface area contributed by atoms with E-state index in [1.54, 1.807) is 12.1 Å². The lowest BCUT2D eigenvalue weighted by atomic mass is 9.95. The summed E-state index contributed by atoms with van der Waals surface area (Å²) in [5.41, 5.74) is 0.363. The molecule has 0 unspecified atom stereocenters. The number of rotatable bonds is 1. The summed E-state index contributed by atoms with van der Waals surface area (Å²) < 4.78 is 13.2. The van der Waals surface area contributed by atoms with Crippen LogP contribution in [0.4, 0.5) is 4.39 Å². The fourth-order valence-corrected chi connectivity index (χ4v) is 2.09. The van der Waals surface area contributed by atoms with Gasteiger partial charge in [-0.15, -0.1) is 0 Å². The molecule has 1 aliphatic heterocycles. The van der Waals surface area contributed by atoms with Gasteiger partial charge in [-0.3, -0.25) is 0 Å². The highest BCUT2D eigenvalue weighted by Crippen LogP contribution is 2.33. The van der Waals surface area contributed by atoms with E-state index in [9.17, 15) is 9.50 Å². The lowest BCUT2D eigenvalue weighted by Gasteiger charge is -2.24. The second-order valence-electron chi connectivity index (χ2n) is 3.97. The van der Waals surface area contributed by atoms with Gasteiger partial charge >= 0.3 is 0 Å². The molecular formula is C12H13FN2O. The first kappa shape index (κ1) is 10.9. The molecule has 1 heterocycles. The molecule has 0 spiro atoms. The van der Waals surface area contributed by atoms with Crippen LogP contribution in [0, 0.1) is 17.1 Å². The molecule has 16 heavy (non-hydrogen) atoms. The van der Waals surface area contributed by atoms with E-state index >= 15 is 0 Å². The van der Waals surface area contributed by atoms with Crippen molar-refractivity contribution in [3.63, 3.8) is 0 Å². The number of hydrogen-bond donors (Lipinski definition) is 2. The molecule has 1 aliphatic rings. The molecule has 84 valence electrons. The van der Waals surface area contributed by atoms with Crippen LogP contribution in [0.2, 0.25) is 0 Å². The van der Waals surface area contributed by atoms with Crippen molar-refractivity contribution < 1.29 is 9.50 Å². The molecule has 3 nitrogen and oxygen atoms in total. The lowest BCUT2D eigenvalue weighted by Crippen LogP contribution is -2.26. The molecule has 0 aliphatic carbocycles. The number of nitrogens with zero attached hydrogens (tertiary/aromatic N) is 1. The van der Waals surface area contributed by atoms with Crippen LogP contribution in [0.25, 0.3) is 0 Å². The van der Waals surface area contributed by atoms with Crippen molar-refractivity contribution in [3.8, 4) is 11.8 Å². The molecule has 0 saturated carbocycles. The number of phenolic OH excluding ortho intramolecular Hbond substituents is 1. The van der Waals surface area contributed by atoms with Crippen LogP contribution in [0.3, 0.4) is 0 Å². The highest BCUT2D eigenvalue weighted by molar-refractivity contribution is 5.49. The number of nitrogens with one attached hydrogen (secondary N) is 1. The van der Waals surface area contributed by atoms with E-state index in [1.165, 1.54) is 6.07 Å². The Bertz CT molecular complexity index is 433. The van der Waals surface area contributed by atoms with Crippen molar-refractivity contribution >= 4 is 0 Å². The number of piperidine rings is 1. The highest BCUT2D eigenvalue weighted by Gasteiger charge is 2.21. The number of halogens is 1. The first-order chi connectivity index (χ1) is 7.74. The summed E-state index contributed by atoms with van der Waals surface area (Å²) >= 11 is 0. The zero-order valence-electron chi connectivity index (χ0n) is 8.83. The van der Waals surface area contributed by atoms with Crippen molar-refractivity contribution in [1.82, 2.24) is 5.32 Å². The minimum Gasteiger partial charge on any atom is -0.506 e. The van der Waals surface area contributed by atoms with E-state index < -0.39 is 5.82 Å². The van der Waals surface area contributed by atoms with Gasteiger partial charge in [-0.2, -0.15) is 5.26 Å². The predicted molar refractivity (Wildman–Crippen MR) is 57.4 cm³/mol. The van der Waals surface area contributed by atoms with Gasteiger partial charge in [0.2, 0.25) is 0 Å². The zero-order valence-corrected chi connectivity index (χ0v) is 8.83. The van der Waals surface area contributed by atoms with Crippen LogP contribution in [-0.4, -0.2) is 11.7 Å². The quantitative estimate of drug-likeness (QED) is 0.763. The molecule has 1 fully saturated rings. The van der Waals surface area contributed by atoms with Crippen LogP contribution >= 0.6 is 0 Å². The number of phenols is 1. The Morgan fingerprint density at radius 3 is 2.88 bits per heavy atom. The topological polar surface area (TPSA) is 56.0 Å². The Labute approximate surface area is 93.5 Å². The number of nitriles is 1. The van der Waals surface area contributed by atoms with Gasteiger partial charge in [0, 0.05) is 11.6 Å². The van der Waals surface area contributed by atoms with Gasteiger partial charge < -0.3 is 10.4 Å². The second kappa shape index (κ2) is 4.50. The minimum atomic E-state index is -0.667. The third kappa shape index (κ3) is 1.86. The van der Waals surface area contributed by atoms with Crippen LogP contribution < -0.4 is 5.32 Å². The summed E-state index contributed by atoms with van der Waals surface area (Å²) in [7, 11) is 0. The van der Waals surface area contributed by atoms with Gasteiger partial charge in [0.25, 0.3) is 0 Å². The molecule has 1 aromatic rings. The maximum absolute atomic E-state index is 13.2. The average molecular weight is 220 g/mol. The summed E-state index contributed by atoms with van der Waals surface area (Å²) in [6.07, 6.45) is 3.10. The molecule has 0 radical (unpaired) electrons. The van der Waals surface area contributed by atoms with Gasteiger partial charge in [-0.1, -0.05) is 12.5 Å². The molecule has 1 saturated heterocycles. The molecule has 0 bridgehead atoms. The summed E-state index contributed by atoms with van der Waals surface area (Å²) in [4.78, 5) is 0. The number of hydrogen-bond acceptors (Lipinski definition) is 3. The van der Waals surface area contributed by atoms with Crippen LogP contribution in [0.15, 0.2) is 12.1 Å².